The van der Waals surface area contributed by atoms with Gasteiger partial charge in [-0.2, -0.15) is 0 Å². The van der Waals surface area contributed by atoms with E-state index >= 15 is 0 Å². The quantitative estimate of drug-likeness (QED) is 0.524. The van der Waals surface area contributed by atoms with Crippen molar-refractivity contribution in [3.63, 3.8) is 0 Å². The Morgan fingerprint density at radius 2 is 1.89 bits per heavy atom. The SMILES string of the molecule is CSc1cc(C)[nH]c(=O)c1CNC(=O)c1cc(Cl)c2c(c1C)OC(C)(C1CCN(S(C)(=O)=O)CC1)O2. The van der Waals surface area contributed by atoms with Gasteiger partial charge in [0.25, 0.3) is 17.3 Å². The zero-order valence-electron chi connectivity index (χ0n) is 20.9. The van der Waals surface area contributed by atoms with Crippen LogP contribution < -0.4 is 20.3 Å². The van der Waals surface area contributed by atoms with Crippen molar-refractivity contribution in [1.29, 1.82) is 0 Å². The first-order valence-corrected chi connectivity index (χ1v) is 15.0. The fourth-order valence-corrected chi connectivity index (χ4v) is 6.57. The van der Waals surface area contributed by atoms with Crippen LogP contribution in [0.2, 0.25) is 5.02 Å². The van der Waals surface area contributed by atoms with Crippen molar-refractivity contribution in [3.05, 3.63) is 49.9 Å². The lowest BCUT2D eigenvalue weighted by molar-refractivity contribution is -0.121. The summed E-state index contributed by atoms with van der Waals surface area (Å²) in [6.45, 7) is 6.22. The lowest BCUT2D eigenvalue weighted by atomic mass is 9.90. The molecule has 2 N–H and O–H groups in total. The van der Waals surface area contributed by atoms with Gasteiger partial charge < -0.3 is 19.8 Å². The van der Waals surface area contributed by atoms with Crippen molar-refractivity contribution in [2.75, 3.05) is 25.6 Å². The number of sulfonamides is 1. The number of ether oxygens (including phenoxy) is 2. The number of H-pyrrole nitrogens is 1. The number of halogens is 1. The maximum Gasteiger partial charge on any atom is 0.254 e. The topological polar surface area (TPSA) is 118 Å². The molecule has 2 aliphatic rings. The summed E-state index contributed by atoms with van der Waals surface area (Å²) < 4.78 is 37.6. The van der Waals surface area contributed by atoms with Crippen molar-refractivity contribution in [3.8, 4) is 11.5 Å². The molecule has 1 unspecified atom stereocenters. The number of carbonyl (C=O) groups excluding carboxylic acids is 1. The fraction of sp³-hybridized carbons (Fsp3) is 0.500. The third kappa shape index (κ3) is 5.11. The molecule has 1 amide bonds. The molecule has 2 aromatic rings. The normalized spacial score (nSPS) is 20.5. The first-order chi connectivity index (χ1) is 16.8. The zero-order chi connectivity index (χ0) is 26.4. The molecule has 3 heterocycles. The number of fused-ring (bicyclic) bond motifs is 1. The molecule has 1 aromatic carbocycles. The molecule has 0 spiro atoms. The second-order valence-electron chi connectivity index (χ2n) is 9.36. The van der Waals surface area contributed by atoms with E-state index in [1.54, 1.807) is 13.0 Å². The van der Waals surface area contributed by atoms with E-state index in [4.69, 9.17) is 21.1 Å². The highest BCUT2D eigenvalue weighted by Crippen LogP contribution is 2.51. The summed E-state index contributed by atoms with van der Waals surface area (Å²) in [6.07, 6.45) is 4.23. The predicted octanol–water partition coefficient (Wildman–Crippen LogP) is 3.46. The van der Waals surface area contributed by atoms with E-state index < -0.39 is 15.8 Å². The van der Waals surface area contributed by atoms with Gasteiger partial charge in [0, 0.05) is 59.8 Å². The van der Waals surface area contributed by atoms with Crippen LogP contribution in [0, 0.1) is 19.8 Å². The molecular formula is C24H30ClN3O6S2. The van der Waals surface area contributed by atoms with Crippen LogP contribution in [0.1, 0.15) is 46.9 Å². The third-order valence-corrected chi connectivity index (χ3v) is 9.22. The number of benzene rings is 1. The average molecular weight is 556 g/mol. The Labute approximate surface area is 219 Å². The molecule has 0 radical (unpaired) electrons. The number of nitrogens with zero attached hydrogens (tertiary/aromatic N) is 1. The van der Waals surface area contributed by atoms with Gasteiger partial charge in [-0.25, -0.2) is 12.7 Å². The summed E-state index contributed by atoms with van der Waals surface area (Å²) in [5.74, 6) is -0.702. The third-order valence-electron chi connectivity index (χ3n) is 6.83. The smallest absolute Gasteiger partial charge is 0.254 e. The van der Waals surface area contributed by atoms with Gasteiger partial charge in [-0.15, -0.1) is 11.8 Å². The maximum atomic E-state index is 13.1. The summed E-state index contributed by atoms with van der Waals surface area (Å²) in [4.78, 5) is 29.1. The number of hydrogen-bond acceptors (Lipinski definition) is 7. The van der Waals surface area contributed by atoms with Gasteiger partial charge in [0.1, 0.15) is 0 Å². The van der Waals surface area contributed by atoms with E-state index in [1.807, 2.05) is 26.2 Å². The molecular weight excluding hydrogens is 526 g/mol. The first kappa shape index (κ1) is 26.8. The molecule has 1 fully saturated rings. The minimum Gasteiger partial charge on any atom is -0.448 e. The Bertz CT molecular complexity index is 1370. The van der Waals surface area contributed by atoms with Gasteiger partial charge >= 0.3 is 0 Å². The standard InChI is InChI=1S/C24H30ClN3O6S2/c1-13-10-19(35-4)17(23(30)27-13)12-26-22(29)16-11-18(25)21-20(14(16)2)33-24(3,34-21)15-6-8-28(9-7-15)36(5,31)32/h10-11,15H,6-9,12H2,1-5H3,(H,26,29)(H,27,30). The van der Waals surface area contributed by atoms with Crippen molar-refractivity contribution in [1.82, 2.24) is 14.6 Å². The molecule has 0 bridgehead atoms. The van der Waals surface area contributed by atoms with Crippen LogP contribution in [-0.4, -0.2) is 55.0 Å². The molecule has 1 aromatic heterocycles. The number of piperidine rings is 1. The second kappa shape index (κ2) is 9.92. The number of carbonyl (C=O) groups is 1. The molecule has 4 rings (SSSR count). The van der Waals surface area contributed by atoms with Gasteiger partial charge in [0.05, 0.1) is 11.3 Å². The number of rotatable bonds is 6. The largest absolute Gasteiger partial charge is 0.448 e. The van der Waals surface area contributed by atoms with Crippen LogP contribution in [0.25, 0.3) is 0 Å². The van der Waals surface area contributed by atoms with Gasteiger partial charge in [0.2, 0.25) is 10.0 Å². The van der Waals surface area contributed by atoms with E-state index in [1.165, 1.54) is 22.3 Å². The molecule has 36 heavy (non-hydrogen) atoms. The van der Waals surface area contributed by atoms with Crippen LogP contribution >= 0.6 is 23.4 Å². The summed E-state index contributed by atoms with van der Waals surface area (Å²) in [5.41, 5.74) is 1.90. The lowest BCUT2D eigenvalue weighted by Gasteiger charge is -2.37. The van der Waals surface area contributed by atoms with Crippen molar-refractivity contribution < 1.29 is 22.7 Å². The van der Waals surface area contributed by atoms with Crippen molar-refractivity contribution in [2.24, 2.45) is 5.92 Å². The minimum absolute atomic E-state index is 0.0612. The highest BCUT2D eigenvalue weighted by molar-refractivity contribution is 7.98. The zero-order valence-corrected chi connectivity index (χ0v) is 23.2. The lowest BCUT2D eigenvalue weighted by Crippen LogP contribution is -2.49. The number of pyridine rings is 1. The van der Waals surface area contributed by atoms with E-state index in [9.17, 15) is 18.0 Å². The number of hydrogen-bond donors (Lipinski definition) is 2. The van der Waals surface area contributed by atoms with Crippen LogP contribution in [0.3, 0.4) is 0 Å². The van der Waals surface area contributed by atoms with Gasteiger partial charge in [-0.1, -0.05) is 11.6 Å². The van der Waals surface area contributed by atoms with E-state index in [0.29, 0.717) is 54.1 Å². The number of nitrogens with one attached hydrogen (secondary N) is 2. The Morgan fingerprint density at radius 1 is 1.25 bits per heavy atom. The molecule has 0 aliphatic carbocycles. The van der Waals surface area contributed by atoms with Crippen molar-refractivity contribution in [2.45, 2.75) is 50.8 Å². The maximum absolute atomic E-state index is 13.1. The highest BCUT2D eigenvalue weighted by Gasteiger charge is 2.47. The second-order valence-corrected chi connectivity index (χ2v) is 12.6. The Kier molecular flexibility index (Phi) is 7.40. The van der Waals surface area contributed by atoms with Crippen LogP contribution in [0.15, 0.2) is 21.8 Å². The minimum atomic E-state index is -3.25. The Hall–Kier alpha value is -2.21. The number of aromatic nitrogens is 1. The molecule has 1 saturated heterocycles. The van der Waals surface area contributed by atoms with Crippen molar-refractivity contribution >= 4 is 39.3 Å². The van der Waals surface area contributed by atoms with Crippen LogP contribution in [-0.2, 0) is 16.6 Å². The summed E-state index contributed by atoms with van der Waals surface area (Å²) in [7, 11) is -3.25. The number of thioether (sulfide) groups is 1. The van der Waals surface area contributed by atoms with E-state index in [2.05, 4.69) is 10.3 Å². The molecule has 9 nitrogen and oxygen atoms in total. The van der Waals surface area contributed by atoms with Crippen LogP contribution in [0.4, 0.5) is 0 Å². The Morgan fingerprint density at radius 3 is 2.50 bits per heavy atom. The highest BCUT2D eigenvalue weighted by atomic mass is 35.5. The molecule has 12 heteroatoms. The summed E-state index contributed by atoms with van der Waals surface area (Å²) >= 11 is 7.96. The Balaban J connectivity index is 1.53. The molecule has 2 aliphatic heterocycles. The molecule has 196 valence electrons. The van der Waals surface area contributed by atoms with Gasteiger partial charge in [0.15, 0.2) is 11.5 Å². The molecule has 1 atom stereocenters. The van der Waals surface area contributed by atoms with E-state index in [0.717, 1.165) is 10.6 Å². The van der Waals surface area contributed by atoms with Crippen LogP contribution in [0.5, 0.6) is 11.5 Å². The van der Waals surface area contributed by atoms with Gasteiger partial charge in [-0.05, 0) is 45.1 Å². The number of aromatic amines is 1. The first-order valence-electron chi connectivity index (χ1n) is 11.5. The fourth-order valence-electron chi connectivity index (χ4n) is 4.76. The average Bonchev–Trinajstić information content (AvgIpc) is 3.19. The number of aryl methyl sites for hydroxylation is 1. The van der Waals surface area contributed by atoms with Gasteiger partial charge in [-0.3, -0.25) is 9.59 Å². The number of amides is 1. The monoisotopic (exact) mass is 555 g/mol. The van der Waals surface area contributed by atoms with E-state index in [-0.39, 0.29) is 29.0 Å². The molecule has 0 saturated carbocycles. The summed E-state index contributed by atoms with van der Waals surface area (Å²) in [5, 5.41) is 3.07. The summed E-state index contributed by atoms with van der Waals surface area (Å²) in [6, 6.07) is 3.42. The predicted molar refractivity (Wildman–Crippen MR) is 140 cm³/mol.